The third kappa shape index (κ3) is 2.97. The molecule has 0 saturated heterocycles. The number of methoxy groups -OCH3 is 1. The van der Waals surface area contributed by atoms with Gasteiger partial charge in [-0.1, -0.05) is 0 Å². The van der Waals surface area contributed by atoms with Gasteiger partial charge in [0.2, 0.25) is 0 Å². The van der Waals surface area contributed by atoms with E-state index < -0.39 is 12.4 Å². The number of nitrogens with zero attached hydrogens (tertiary/aromatic N) is 1. The highest BCUT2D eigenvalue weighted by atomic mass is 19.3. The minimum absolute atomic E-state index is 0.0827. The van der Waals surface area contributed by atoms with Crippen LogP contribution >= 0.6 is 0 Å². The first-order valence-corrected chi connectivity index (χ1v) is 5.03. The molecule has 0 unspecified atom stereocenters. The molecule has 1 aromatic rings. The highest BCUT2D eigenvalue weighted by Gasteiger charge is 2.20. The Bertz CT molecular complexity index is 422. The molecule has 94 valence electrons. The summed E-state index contributed by atoms with van der Waals surface area (Å²) in [5.41, 5.74) is 6.16. The lowest BCUT2D eigenvalue weighted by Crippen LogP contribution is -2.14. The number of halogens is 2. The first-order valence-electron chi connectivity index (χ1n) is 5.03. The van der Waals surface area contributed by atoms with Gasteiger partial charge in [-0.15, -0.1) is 0 Å². The predicted molar refractivity (Wildman–Crippen MR) is 57.5 cm³/mol. The van der Waals surface area contributed by atoms with Crippen LogP contribution in [0.25, 0.3) is 0 Å². The van der Waals surface area contributed by atoms with Gasteiger partial charge in [-0.2, -0.15) is 0 Å². The van der Waals surface area contributed by atoms with Gasteiger partial charge in [0.05, 0.1) is 19.2 Å². The maximum atomic E-state index is 12.9. The van der Waals surface area contributed by atoms with Crippen LogP contribution in [-0.4, -0.2) is 18.1 Å². The molecular weight excluding hydrogens is 230 g/mol. The fourth-order valence-corrected chi connectivity index (χ4v) is 1.61. The number of rotatable bonds is 4. The zero-order valence-electron chi connectivity index (χ0n) is 9.67. The largest absolute Gasteiger partial charge is 0.469 e. The SMILES string of the molecule is COC(=O)Cc1ncc(C)c(C(F)F)c1CN. The van der Waals surface area contributed by atoms with Gasteiger partial charge < -0.3 is 10.5 Å². The monoisotopic (exact) mass is 244 g/mol. The van der Waals surface area contributed by atoms with E-state index in [4.69, 9.17) is 5.73 Å². The molecule has 0 aromatic carbocycles. The van der Waals surface area contributed by atoms with Gasteiger partial charge in [-0.05, 0) is 18.1 Å². The molecule has 0 bridgehead atoms. The fourth-order valence-electron chi connectivity index (χ4n) is 1.61. The van der Waals surface area contributed by atoms with E-state index in [9.17, 15) is 13.6 Å². The van der Waals surface area contributed by atoms with Crippen molar-refractivity contribution < 1.29 is 18.3 Å². The summed E-state index contributed by atoms with van der Waals surface area (Å²) in [5.74, 6) is -0.531. The van der Waals surface area contributed by atoms with Crippen molar-refractivity contribution in [2.75, 3.05) is 7.11 Å². The predicted octanol–water partition coefficient (Wildman–Crippen LogP) is 1.50. The summed E-state index contributed by atoms with van der Waals surface area (Å²) < 4.78 is 30.2. The summed E-state index contributed by atoms with van der Waals surface area (Å²) in [5, 5.41) is 0. The van der Waals surface area contributed by atoms with Crippen LogP contribution in [0, 0.1) is 6.92 Å². The van der Waals surface area contributed by atoms with E-state index in [1.165, 1.54) is 20.2 Å². The molecule has 1 aromatic heterocycles. The second-order valence-electron chi connectivity index (χ2n) is 3.54. The molecule has 2 N–H and O–H groups in total. The van der Waals surface area contributed by atoms with Crippen molar-refractivity contribution in [1.82, 2.24) is 4.98 Å². The molecule has 1 rings (SSSR count). The fraction of sp³-hybridized carbons (Fsp3) is 0.455. The molecule has 4 nitrogen and oxygen atoms in total. The van der Waals surface area contributed by atoms with Crippen molar-refractivity contribution in [3.05, 3.63) is 28.6 Å². The number of aryl methyl sites for hydroxylation is 1. The Balaban J connectivity index is 3.23. The van der Waals surface area contributed by atoms with E-state index in [1.807, 2.05) is 0 Å². The van der Waals surface area contributed by atoms with E-state index in [0.717, 1.165) is 0 Å². The van der Waals surface area contributed by atoms with Crippen LogP contribution in [0.1, 0.15) is 28.8 Å². The Morgan fingerprint density at radius 3 is 2.71 bits per heavy atom. The minimum Gasteiger partial charge on any atom is -0.469 e. The van der Waals surface area contributed by atoms with Gasteiger partial charge in [0.25, 0.3) is 6.43 Å². The molecule has 0 aliphatic carbocycles. The lowest BCUT2D eigenvalue weighted by Gasteiger charge is -2.14. The Labute approximate surface area is 97.8 Å². The Morgan fingerprint density at radius 2 is 2.24 bits per heavy atom. The maximum absolute atomic E-state index is 12.9. The van der Waals surface area contributed by atoms with Crippen molar-refractivity contribution in [2.45, 2.75) is 26.3 Å². The van der Waals surface area contributed by atoms with E-state index >= 15 is 0 Å². The Morgan fingerprint density at radius 1 is 1.59 bits per heavy atom. The van der Waals surface area contributed by atoms with Crippen molar-refractivity contribution in [2.24, 2.45) is 5.73 Å². The molecule has 0 atom stereocenters. The quantitative estimate of drug-likeness (QED) is 0.815. The minimum atomic E-state index is -2.63. The summed E-state index contributed by atoms with van der Waals surface area (Å²) in [4.78, 5) is 15.1. The molecule has 17 heavy (non-hydrogen) atoms. The van der Waals surface area contributed by atoms with Gasteiger partial charge in [0.1, 0.15) is 0 Å². The second kappa shape index (κ2) is 5.67. The third-order valence-corrected chi connectivity index (χ3v) is 2.47. The summed E-state index contributed by atoms with van der Waals surface area (Å²) in [7, 11) is 1.23. The number of carbonyl (C=O) groups is 1. The van der Waals surface area contributed by atoms with Crippen LogP contribution in [0.3, 0.4) is 0 Å². The van der Waals surface area contributed by atoms with Crippen LogP contribution in [0.4, 0.5) is 8.78 Å². The number of pyridine rings is 1. The van der Waals surface area contributed by atoms with Crippen molar-refractivity contribution in [3.63, 3.8) is 0 Å². The molecular formula is C11H14F2N2O2. The first-order chi connectivity index (χ1) is 8.01. The van der Waals surface area contributed by atoms with Gasteiger partial charge in [-0.25, -0.2) is 8.78 Å². The number of ether oxygens (including phenoxy) is 1. The van der Waals surface area contributed by atoms with E-state index in [-0.39, 0.29) is 29.8 Å². The number of carbonyl (C=O) groups excluding carboxylic acids is 1. The zero-order chi connectivity index (χ0) is 13.0. The molecule has 0 radical (unpaired) electrons. The maximum Gasteiger partial charge on any atom is 0.311 e. The number of hydrogen-bond donors (Lipinski definition) is 1. The lowest BCUT2D eigenvalue weighted by atomic mass is 10.0. The van der Waals surface area contributed by atoms with E-state index in [1.54, 1.807) is 0 Å². The number of nitrogens with two attached hydrogens (primary N) is 1. The van der Waals surface area contributed by atoms with Crippen LogP contribution in [-0.2, 0) is 22.5 Å². The molecule has 0 saturated carbocycles. The molecule has 0 aliphatic rings. The van der Waals surface area contributed by atoms with Crippen LogP contribution in [0.5, 0.6) is 0 Å². The number of alkyl halides is 2. The average molecular weight is 244 g/mol. The van der Waals surface area contributed by atoms with Gasteiger partial charge in [0.15, 0.2) is 0 Å². The molecule has 0 spiro atoms. The summed E-state index contributed by atoms with van der Waals surface area (Å²) in [6, 6.07) is 0. The standard InChI is InChI=1S/C11H14F2N2O2/c1-6-5-15-8(3-9(16)17-2)7(4-14)10(6)11(12)13/h5,11H,3-4,14H2,1-2H3. The molecule has 0 amide bonds. The number of aromatic nitrogens is 1. The molecule has 6 heteroatoms. The van der Waals surface area contributed by atoms with E-state index in [0.29, 0.717) is 5.56 Å². The Hall–Kier alpha value is -1.56. The normalized spacial score (nSPS) is 10.7. The smallest absolute Gasteiger partial charge is 0.311 e. The number of hydrogen-bond acceptors (Lipinski definition) is 4. The topological polar surface area (TPSA) is 65.2 Å². The second-order valence-corrected chi connectivity index (χ2v) is 3.54. The molecule has 1 heterocycles. The summed E-state index contributed by atoms with van der Waals surface area (Å²) in [6.07, 6.45) is -1.46. The van der Waals surface area contributed by atoms with Crippen molar-refractivity contribution >= 4 is 5.97 Å². The highest BCUT2D eigenvalue weighted by molar-refractivity contribution is 5.72. The van der Waals surface area contributed by atoms with Crippen molar-refractivity contribution in [1.29, 1.82) is 0 Å². The van der Waals surface area contributed by atoms with Crippen LogP contribution in [0.2, 0.25) is 0 Å². The van der Waals surface area contributed by atoms with Crippen molar-refractivity contribution in [3.8, 4) is 0 Å². The number of esters is 1. The lowest BCUT2D eigenvalue weighted by molar-refractivity contribution is -0.139. The zero-order valence-corrected chi connectivity index (χ0v) is 9.67. The van der Waals surface area contributed by atoms with E-state index in [2.05, 4.69) is 9.72 Å². The Kier molecular flexibility index (Phi) is 4.51. The van der Waals surface area contributed by atoms with Gasteiger partial charge in [0, 0.05) is 18.3 Å². The highest BCUT2D eigenvalue weighted by Crippen LogP contribution is 2.27. The third-order valence-electron chi connectivity index (χ3n) is 2.47. The first kappa shape index (κ1) is 13.5. The van der Waals surface area contributed by atoms with Gasteiger partial charge >= 0.3 is 5.97 Å². The van der Waals surface area contributed by atoms with Gasteiger partial charge in [-0.3, -0.25) is 9.78 Å². The van der Waals surface area contributed by atoms with Crippen LogP contribution < -0.4 is 5.73 Å². The summed E-state index contributed by atoms with van der Waals surface area (Å²) in [6.45, 7) is 1.45. The summed E-state index contributed by atoms with van der Waals surface area (Å²) >= 11 is 0. The average Bonchev–Trinajstić information content (AvgIpc) is 2.30. The molecule has 0 fully saturated rings. The van der Waals surface area contributed by atoms with Crippen LogP contribution in [0.15, 0.2) is 6.20 Å². The molecule has 0 aliphatic heterocycles.